The van der Waals surface area contributed by atoms with Crippen molar-refractivity contribution in [1.82, 2.24) is 14.8 Å². The van der Waals surface area contributed by atoms with Crippen molar-refractivity contribution in [3.05, 3.63) is 76.1 Å². The van der Waals surface area contributed by atoms with Gasteiger partial charge in [0.25, 0.3) is 0 Å². The molecule has 146 valence electrons. The maximum absolute atomic E-state index is 12.4. The van der Waals surface area contributed by atoms with Gasteiger partial charge in [0.05, 0.1) is 26.4 Å². The lowest BCUT2D eigenvalue weighted by atomic mass is 10.3. The second-order valence-electron chi connectivity index (χ2n) is 5.89. The topological polar surface area (TPSA) is 59.8 Å². The first-order chi connectivity index (χ1) is 14.1. The number of carbonyl (C=O) groups is 1. The van der Waals surface area contributed by atoms with Crippen LogP contribution in [0, 0.1) is 0 Å². The van der Waals surface area contributed by atoms with Crippen molar-refractivity contribution < 1.29 is 4.79 Å². The maximum atomic E-state index is 12.4. The molecule has 29 heavy (non-hydrogen) atoms. The first-order valence-electron chi connectivity index (χ1n) is 8.55. The average molecular weight is 461 g/mol. The molecular formula is C20H14Cl2N4OS2. The number of carbonyl (C=O) groups excluding carboxylic acids is 1. The van der Waals surface area contributed by atoms with E-state index in [0.29, 0.717) is 20.9 Å². The van der Waals surface area contributed by atoms with Crippen LogP contribution in [0.3, 0.4) is 0 Å². The van der Waals surface area contributed by atoms with Gasteiger partial charge in [0.1, 0.15) is 0 Å². The summed E-state index contributed by atoms with van der Waals surface area (Å²) in [6.07, 6.45) is 0. The quantitative estimate of drug-likeness (QED) is 0.356. The molecule has 4 aromatic rings. The van der Waals surface area contributed by atoms with Gasteiger partial charge in [-0.2, -0.15) is 0 Å². The van der Waals surface area contributed by atoms with Gasteiger partial charge in [0.15, 0.2) is 11.0 Å². The Hall–Kier alpha value is -2.32. The van der Waals surface area contributed by atoms with E-state index in [1.807, 2.05) is 52.4 Å². The van der Waals surface area contributed by atoms with Gasteiger partial charge in [0, 0.05) is 5.69 Å². The van der Waals surface area contributed by atoms with E-state index in [4.69, 9.17) is 23.2 Å². The second-order valence-corrected chi connectivity index (χ2v) is 8.57. The van der Waals surface area contributed by atoms with Crippen LogP contribution in [0.15, 0.2) is 71.2 Å². The summed E-state index contributed by atoms with van der Waals surface area (Å²) in [6.45, 7) is 0. The van der Waals surface area contributed by atoms with Crippen LogP contribution in [0.5, 0.6) is 0 Å². The molecule has 2 aromatic heterocycles. The van der Waals surface area contributed by atoms with E-state index in [9.17, 15) is 4.79 Å². The number of hydrogen-bond donors (Lipinski definition) is 1. The highest BCUT2D eigenvalue weighted by molar-refractivity contribution is 7.99. The Morgan fingerprint density at radius 2 is 1.86 bits per heavy atom. The van der Waals surface area contributed by atoms with Gasteiger partial charge in [-0.3, -0.25) is 9.36 Å². The van der Waals surface area contributed by atoms with Crippen molar-refractivity contribution in [2.24, 2.45) is 0 Å². The molecule has 0 bridgehead atoms. The number of hydrogen-bond acceptors (Lipinski definition) is 5. The van der Waals surface area contributed by atoms with Crippen LogP contribution in [0.2, 0.25) is 10.0 Å². The fourth-order valence-corrected chi connectivity index (χ4v) is 4.45. The SMILES string of the molecule is O=C(CSc1nnc(-c2cccs2)n1-c1ccccc1)Nc1cccc(Cl)c1Cl. The predicted octanol–water partition coefficient (Wildman–Crippen LogP) is 6.03. The number of halogens is 2. The highest BCUT2D eigenvalue weighted by Gasteiger charge is 2.18. The molecule has 4 rings (SSSR count). The number of thiophene rings is 1. The Kier molecular flexibility index (Phi) is 6.20. The van der Waals surface area contributed by atoms with Crippen LogP contribution in [0.4, 0.5) is 5.69 Å². The molecule has 0 spiro atoms. The van der Waals surface area contributed by atoms with Crippen LogP contribution < -0.4 is 5.32 Å². The lowest BCUT2D eigenvalue weighted by molar-refractivity contribution is -0.113. The third-order valence-corrected chi connectivity index (χ3v) is 6.56. The van der Waals surface area contributed by atoms with Gasteiger partial charge in [-0.25, -0.2) is 0 Å². The van der Waals surface area contributed by atoms with Gasteiger partial charge in [-0.15, -0.1) is 21.5 Å². The largest absolute Gasteiger partial charge is 0.324 e. The third-order valence-electron chi connectivity index (χ3n) is 3.95. The molecule has 9 heteroatoms. The average Bonchev–Trinajstić information content (AvgIpc) is 3.40. The summed E-state index contributed by atoms with van der Waals surface area (Å²) in [7, 11) is 0. The van der Waals surface area contributed by atoms with Crippen LogP contribution in [0.1, 0.15) is 0 Å². The molecule has 0 saturated heterocycles. The minimum absolute atomic E-state index is 0.151. The summed E-state index contributed by atoms with van der Waals surface area (Å²) < 4.78 is 1.95. The fraction of sp³-hybridized carbons (Fsp3) is 0.0500. The van der Waals surface area contributed by atoms with E-state index in [1.165, 1.54) is 11.8 Å². The van der Waals surface area contributed by atoms with Gasteiger partial charge < -0.3 is 5.32 Å². The molecule has 0 aliphatic heterocycles. The Morgan fingerprint density at radius 1 is 1.03 bits per heavy atom. The van der Waals surface area contributed by atoms with Crippen molar-refractivity contribution in [3.8, 4) is 16.4 Å². The zero-order valence-electron chi connectivity index (χ0n) is 14.9. The Morgan fingerprint density at radius 3 is 2.62 bits per heavy atom. The lowest BCUT2D eigenvalue weighted by Crippen LogP contribution is -2.15. The highest BCUT2D eigenvalue weighted by Crippen LogP contribution is 2.32. The molecule has 0 saturated carbocycles. The van der Waals surface area contributed by atoms with Gasteiger partial charge in [-0.05, 0) is 35.7 Å². The first-order valence-corrected chi connectivity index (χ1v) is 11.2. The maximum Gasteiger partial charge on any atom is 0.234 e. The fourth-order valence-electron chi connectivity index (χ4n) is 2.66. The molecule has 0 aliphatic rings. The molecular weight excluding hydrogens is 447 g/mol. The zero-order valence-corrected chi connectivity index (χ0v) is 18.0. The Labute approximate surface area is 185 Å². The molecule has 0 fully saturated rings. The van der Waals surface area contributed by atoms with E-state index in [2.05, 4.69) is 15.5 Å². The highest BCUT2D eigenvalue weighted by atomic mass is 35.5. The van der Waals surface area contributed by atoms with E-state index in [0.717, 1.165) is 16.4 Å². The summed E-state index contributed by atoms with van der Waals surface area (Å²) in [5.74, 6) is 0.685. The minimum atomic E-state index is -0.209. The molecule has 2 heterocycles. The number of thioether (sulfide) groups is 1. The normalized spacial score (nSPS) is 10.8. The van der Waals surface area contributed by atoms with Crippen molar-refractivity contribution >= 4 is 57.9 Å². The summed E-state index contributed by atoms with van der Waals surface area (Å²) in [5.41, 5.74) is 1.41. The van der Waals surface area contributed by atoms with E-state index in [1.54, 1.807) is 29.5 Å². The van der Waals surface area contributed by atoms with Gasteiger partial charge in [0.2, 0.25) is 5.91 Å². The van der Waals surface area contributed by atoms with Crippen molar-refractivity contribution in [2.45, 2.75) is 5.16 Å². The van der Waals surface area contributed by atoms with Gasteiger partial charge in [-0.1, -0.05) is 65.3 Å². The second kappa shape index (κ2) is 9.00. The lowest BCUT2D eigenvalue weighted by Gasteiger charge is -2.10. The summed E-state index contributed by atoms with van der Waals surface area (Å²) in [4.78, 5) is 13.4. The summed E-state index contributed by atoms with van der Waals surface area (Å²) in [6, 6.07) is 18.9. The summed E-state index contributed by atoms with van der Waals surface area (Å²) in [5, 5.41) is 14.8. The van der Waals surface area contributed by atoms with E-state index < -0.39 is 0 Å². The van der Waals surface area contributed by atoms with Crippen molar-refractivity contribution in [3.63, 3.8) is 0 Å². The van der Waals surface area contributed by atoms with E-state index in [-0.39, 0.29) is 11.7 Å². The molecule has 0 radical (unpaired) electrons. The molecule has 1 N–H and O–H groups in total. The van der Waals surface area contributed by atoms with E-state index >= 15 is 0 Å². The number of rotatable bonds is 6. The molecule has 0 atom stereocenters. The van der Waals surface area contributed by atoms with Crippen molar-refractivity contribution in [2.75, 3.05) is 11.1 Å². The molecule has 0 unspecified atom stereocenters. The van der Waals surface area contributed by atoms with Crippen LogP contribution in [-0.2, 0) is 4.79 Å². The number of amides is 1. The molecule has 5 nitrogen and oxygen atoms in total. The third kappa shape index (κ3) is 4.48. The van der Waals surface area contributed by atoms with Crippen LogP contribution in [0.25, 0.3) is 16.4 Å². The Bertz CT molecular complexity index is 1130. The number of aromatic nitrogens is 3. The zero-order chi connectivity index (χ0) is 20.2. The number of anilines is 1. The Balaban J connectivity index is 1.56. The summed E-state index contributed by atoms with van der Waals surface area (Å²) >= 11 is 15.0. The van der Waals surface area contributed by atoms with Crippen molar-refractivity contribution in [1.29, 1.82) is 0 Å². The van der Waals surface area contributed by atoms with Gasteiger partial charge >= 0.3 is 0 Å². The predicted molar refractivity (Wildman–Crippen MR) is 120 cm³/mol. The number of nitrogens with one attached hydrogen (secondary N) is 1. The number of benzene rings is 2. The van der Waals surface area contributed by atoms with Crippen LogP contribution >= 0.6 is 46.3 Å². The standard InChI is InChI=1S/C20H14Cl2N4OS2/c21-14-8-4-9-15(18(14)22)23-17(27)12-29-20-25-24-19(16-10-5-11-28-16)26(20)13-6-2-1-3-7-13/h1-11H,12H2,(H,23,27). The molecule has 0 aliphatic carbocycles. The number of para-hydroxylation sites is 1. The monoisotopic (exact) mass is 460 g/mol. The number of nitrogens with zero attached hydrogens (tertiary/aromatic N) is 3. The smallest absolute Gasteiger partial charge is 0.234 e. The minimum Gasteiger partial charge on any atom is -0.324 e. The molecule has 1 amide bonds. The first kappa shape index (κ1) is 20.0. The van der Waals surface area contributed by atoms with Crippen LogP contribution in [-0.4, -0.2) is 26.4 Å². The molecule has 2 aromatic carbocycles.